The minimum Gasteiger partial charge on any atom is -0.373 e. The predicted molar refractivity (Wildman–Crippen MR) is 124 cm³/mol. The van der Waals surface area contributed by atoms with E-state index in [4.69, 9.17) is 4.74 Å². The fraction of sp³-hybridized carbons (Fsp3) is 0.667. The largest absolute Gasteiger partial charge is 0.401 e. The molecule has 2 unspecified atom stereocenters. The van der Waals surface area contributed by atoms with Gasteiger partial charge < -0.3 is 15.4 Å². The Morgan fingerprint density at radius 2 is 2.07 bits per heavy atom. The maximum absolute atomic E-state index is 12.5. The molecular weight excluding hydrogens is 508 g/mol. The molecule has 1 fully saturated rings. The first kappa shape index (κ1) is 25.2. The lowest BCUT2D eigenvalue weighted by Gasteiger charge is -2.25. The van der Waals surface area contributed by atoms with Gasteiger partial charge in [0.15, 0.2) is 5.96 Å². The van der Waals surface area contributed by atoms with Crippen LogP contribution in [0.15, 0.2) is 29.3 Å². The number of hydrogen-bond donors (Lipinski definition) is 2. The van der Waals surface area contributed by atoms with Crippen molar-refractivity contribution in [3.8, 4) is 0 Å². The highest BCUT2D eigenvalue weighted by atomic mass is 127. The summed E-state index contributed by atoms with van der Waals surface area (Å²) < 4.78 is 43.6. The molecule has 1 aromatic rings. The standard InChI is InChI=1S/C21H31F3N4O.HI/c1-25-20(27-17-10-12-28(14-17)15-21(22,23)24)26-11-5-13-29-19-9-4-7-16-6-2-3-8-18(16)19;/h2-3,6,8,17,19H,4-5,7,9-15H2,1H3,(H2,25,26,27);1H. The van der Waals surface area contributed by atoms with Gasteiger partial charge in [-0.15, -0.1) is 24.0 Å². The molecule has 1 aliphatic heterocycles. The van der Waals surface area contributed by atoms with Crippen molar-refractivity contribution in [2.45, 2.75) is 50.4 Å². The number of guanidine groups is 1. The normalized spacial score (nSPS) is 22.3. The van der Waals surface area contributed by atoms with Crippen molar-refractivity contribution in [3.63, 3.8) is 0 Å². The van der Waals surface area contributed by atoms with E-state index in [1.807, 2.05) is 0 Å². The zero-order valence-corrected chi connectivity index (χ0v) is 19.7. The summed E-state index contributed by atoms with van der Waals surface area (Å²) in [5.74, 6) is 0.631. The van der Waals surface area contributed by atoms with Crippen LogP contribution in [0.2, 0.25) is 0 Å². The summed E-state index contributed by atoms with van der Waals surface area (Å²) in [6.07, 6.45) is 0.892. The molecule has 170 valence electrons. The van der Waals surface area contributed by atoms with Crippen molar-refractivity contribution in [1.82, 2.24) is 15.5 Å². The third-order valence-electron chi connectivity index (χ3n) is 5.49. The Morgan fingerprint density at radius 3 is 2.83 bits per heavy atom. The molecule has 1 heterocycles. The molecule has 0 saturated carbocycles. The van der Waals surface area contributed by atoms with Crippen LogP contribution in [-0.2, 0) is 11.2 Å². The average Bonchev–Trinajstić information content (AvgIpc) is 3.11. The molecule has 2 aliphatic rings. The first-order valence-corrected chi connectivity index (χ1v) is 10.4. The molecule has 0 aromatic heterocycles. The number of ether oxygens (including phenoxy) is 1. The molecule has 2 atom stereocenters. The van der Waals surface area contributed by atoms with Crippen LogP contribution < -0.4 is 10.6 Å². The van der Waals surface area contributed by atoms with Gasteiger partial charge >= 0.3 is 6.18 Å². The smallest absolute Gasteiger partial charge is 0.373 e. The monoisotopic (exact) mass is 540 g/mol. The Balaban J connectivity index is 0.00000320. The van der Waals surface area contributed by atoms with Crippen LogP contribution in [-0.4, -0.2) is 62.9 Å². The topological polar surface area (TPSA) is 48.9 Å². The van der Waals surface area contributed by atoms with Crippen LogP contribution in [0.1, 0.15) is 42.9 Å². The van der Waals surface area contributed by atoms with Gasteiger partial charge in [-0.2, -0.15) is 13.2 Å². The molecule has 1 saturated heterocycles. The van der Waals surface area contributed by atoms with E-state index in [2.05, 4.69) is 39.9 Å². The maximum Gasteiger partial charge on any atom is 0.401 e. The fourth-order valence-electron chi connectivity index (χ4n) is 4.12. The van der Waals surface area contributed by atoms with Crippen LogP contribution in [0, 0.1) is 0 Å². The number of fused-ring (bicyclic) bond motifs is 1. The van der Waals surface area contributed by atoms with Crippen LogP contribution in [0.5, 0.6) is 0 Å². The Bertz CT molecular complexity index is 686. The molecule has 2 N–H and O–H groups in total. The summed E-state index contributed by atoms with van der Waals surface area (Å²) in [5, 5.41) is 6.46. The molecule has 0 spiro atoms. The molecule has 3 rings (SSSR count). The van der Waals surface area contributed by atoms with Gasteiger partial charge in [0, 0.05) is 39.3 Å². The molecule has 5 nitrogen and oxygen atoms in total. The van der Waals surface area contributed by atoms with E-state index >= 15 is 0 Å². The second kappa shape index (κ2) is 12.1. The number of nitrogens with one attached hydrogen (secondary N) is 2. The third kappa shape index (κ3) is 7.88. The highest BCUT2D eigenvalue weighted by molar-refractivity contribution is 14.0. The fourth-order valence-corrected chi connectivity index (χ4v) is 4.12. The Labute approximate surface area is 193 Å². The number of likely N-dealkylation sites (tertiary alicyclic amines) is 1. The van der Waals surface area contributed by atoms with Crippen molar-refractivity contribution < 1.29 is 17.9 Å². The molecule has 30 heavy (non-hydrogen) atoms. The van der Waals surface area contributed by atoms with Crippen molar-refractivity contribution in [2.24, 2.45) is 4.99 Å². The molecule has 9 heteroatoms. The van der Waals surface area contributed by atoms with Gasteiger partial charge in [-0.1, -0.05) is 24.3 Å². The van der Waals surface area contributed by atoms with E-state index < -0.39 is 12.7 Å². The predicted octanol–water partition coefficient (Wildman–Crippen LogP) is 3.89. The molecule has 1 aromatic carbocycles. The Hall–Kier alpha value is -1.07. The van der Waals surface area contributed by atoms with Gasteiger partial charge in [0.2, 0.25) is 0 Å². The maximum atomic E-state index is 12.5. The second-order valence-corrected chi connectivity index (χ2v) is 7.78. The first-order valence-electron chi connectivity index (χ1n) is 10.4. The van der Waals surface area contributed by atoms with Gasteiger partial charge in [0.25, 0.3) is 0 Å². The summed E-state index contributed by atoms with van der Waals surface area (Å²) in [6, 6.07) is 8.47. The second-order valence-electron chi connectivity index (χ2n) is 7.78. The number of benzene rings is 1. The van der Waals surface area contributed by atoms with E-state index in [1.165, 1.54) is 16.0 Å². The summed E-state index contributed by atoms with van der Waals surface area (Å²) in [5.41, 5.74) is 2.71. The Morgan fingerprint density at radius 1 is 1.27 bits per heavy atom. The van der Waals surface area contributed by atoms with Gasteiger partial charge in [-0.3, -0.25) is 9.89 Å². The van der Waals surface area contributed by atoms with Crippen LogP contribution >= 0.6 is 24.0 Å². The van der Waals surface area contributed by atoms with Crippen molar-refractivity contribution >= 4 is 29.9 Å². The number of halogens is 4. The zero-order chi connectivity index (χ0) is 20.7. The lowest BCUT2D eigenvalue weighted by atomic mass is 9.89. The van der Waals surface area contributed by atoms with E-state index in [9.17, 15) is 13.2 Å². The highest BCUT2D eigenvalue weighted by Gasteiger charge is 2.34. The number of aliphatic imine (C=N–C) groups is 1. The number of aryl methyl sites for hydroxylation is 1. The van der Waals surface area contributed by atoms with Crippen LogP contribution in [0.3, 0.4) is 0 Å². The lowest BCUT2D eigenvalue weighted by Crippen LogP contribution is -2.45. The van der Waals surface area contributed by atoms with E-state index in [0.29, 0.717) is 38.6 Å². The van der Waals surface area contributed by atoms with Crippen molar-refractivity contribution in [2.75, 3.05) is 39.8 Å². The number of nitrogens with zero attached hydrogens (tertiary/aromatic N) is 2. The van der Waals surface area contributed by atoms with Crippen LogP contribution in [0.25, 0.3) is 0 Å². The minimum absolute atomic E-state index is 0. The first-order chi connectivity index (χ1) is 13.9. The summed E-state index contributed by atoms with van der Waals surface area (Å²) in [4.78, 5) is 5.61. The van der Waals surface area contributed by atoms with Crippen molar-refractivity contribution in [1.29, 1.82) is 0 Å². The molecular formula is C21H32F3IN4O. The number of alkyl halides is 3. The summed E-state index contributed by atoms with van der Waals surface area (Å²) in [7, 11) is 1.67. The number of rotatable bonds is 7. The van der Waals surface area contributed by atoms with Gasteiger partial charge in [0.05, 0.1) is 12.6 Å². The van der Waals surface area contributed by atoms with Gasteiger partial charge in [-0.05, 0) is 43.2 Å². The lowest BCUT2D eigenvalue weighted by molar-refractivity contribution is -0.143. The summed E-state index contributed by atoms with van der Waals surface area (Å²) >= 11 is 0. The zero-order valence-electron chi connectivity index (χ0n) is 17.4. The average molecular weight is 540 g/mol. The van der Waals surface area contributed by atoms with Gasteiger partial charge in [0.1, 0.15) is 0 Å². The van der Waals surface area contributed by atoms with Crippen molar-refractivity contribution in [3.05, 3.63) is 35.4 Å². The number of hydrogen-bond acceptors (Lipinski definition) is 3. The Kier molecular flexibility index (Phi) is 10.2. The quantitative estimate of drug-likeness (QED) is 0.239. The SMILES string of the molecule is CN=C(NCCCOC1CCCc2ccccc21)NC1CCN(CC(F)(F)F)C1.I. The minimum atomic E-state index is -4.15. The summed E-state index contributed by atoms with van der Waals surface area (Å²) in [6.45, 7) is 1.34. The third-order valence-corrected chi connectivity index (χ3v) is 5.49. The van der Waals surface area contributed by atoms with Gasteiger partial charge in [-0.25, -0.2) is 0 Å². The molecule has 0 amide bonds. The molecule has 1 aliphatic carbocycles. The molecule has 0 bridgehead atoms. The van der Waals surface area contributed by atoms with E-state index in [0.717, 1.165) is 25.7 Å². The van der Waals surface area contributed by atoms with Crippen LogP contribution in [0.4, 0.5) is 13.2 Å². The van der Waals surface area contributed by atoms with E-state index in [1.54, 1.807) is 7.05 Å². The van der Waals surface area contributed by atoms with E-state index in [-0.39, 0.29) is 36.1 Å². The highest BCUT2D eigenvalue weighted by Crippen LogP contribution is 2.32. The molecule has 0 radical (unpaired) electrons.